The number of furan rings is 1. The number of carbonyl (C=O) groups excluding carboxylic acids is 2. The fourth-order valence-electron chi connectivity index (χ4n) is 4.55. The summed E-state index contributed by atoms with van der Waals surface area (Å²) in [4.78, 5) is 42.3. The number of hydrogen-bond acceptors (Lipinski definition) is 5. The van der Waals surface area contributed by atoms with Gasteiger partial charge in [-0.05, 0) is 18.6 Å². The van der Waals surface area contributed by atoms with Crippen LogP contribution >= 0.6 is 0 Å². The lowest BCUT2D eigenvalue weighted by Gasteiger charge is -2.46. The van der Waals surface area contributed by atoms with E-state index in [1.165, 1.54) is 18.6 Å². The maximum Gasteiger partial charge on any atom is 0.257 e. The van der Waals surface area contributed by atoms with E-state index >= 15 is 0 Å². The molecule has 0 radical (unpaired) electrons. The van der Waals surface area contributed by atoms with Crippen LogP contribution in [0.5, 0.6) is 0 Å². The fourth-order valence-corrected chi connectivity index (χ4v) is 4.55. The fraction of sp³-hybridized carbons (Fsp3) is 0.476. The second kappa shape index (κ2) is 7.87. The Kier molecular flexibility index (Phi) is 5.27. The van der Waals surface area contributed by atoms with E-state index in [1.54, 1.807) is 40.7 Å². The van der Waals surface area contributed by atoms with E-state index in [-0.39, 0.29) is 29.2 Å². The summed E-state index contributed by atoms with van der Waals surface area (Å²) in [5.74, 6) is -0.349. The van der Waals surface area contributed by atoms with Gasteiger partial charge in [-0.3, -0.25) is 19.0 Å². The first-order valence-electron chi connectivity index (χ1n) is 9.78. The van der Waals surface area contributed by atoms with Gasteiger partial charge in [0.25, 0.3) is 11.5 Å². The number of carbonyl (C=O) groups is 2. The Morgan fingerprint density at radius 1 is 1.28 bits per heavy atom. The Balaban J connectivity index is 1.70. The average Bonchev–Trinajstić information content (AvgIpc) is 3.26. The monoisotopic (exact) mass is 399 g/mol. The maximum atomic E-state index is 13.3. The van der Waals surface area contributed by atoms with E-state index in [1.807, 2.05) is 6.07 Å². The average molecular weight is 399 g/mol. The highest BCUT2D eigenvalue weighted by atomic mass is 16.5. The third-order valence-electron chi connectivity index (χ3n) is 5.96. The summed E-state index contributed by atoms with van der Waals surface area (Å²) >= 11 is 0. The zero-order valence-electron chi connectivity index (χ0n) is 16.6. The van der Waals surface area contributed by atoms with Crippen LogP contribution in [0.3, 0.4) is 0 Å². The minimum Gasteiger partial charge on any atom is -0.472 e. The first kappa shape index (κ1) is 19.4. The molecule has 0 aliphatic carbocycles. The third-order valence-corrected chi connectivity index (χ3v) is 5.96. The van der Waals surface area contributed by atoms with E-state index in [0.29, 0.717) is 31.8 Å². The Labute approximate surface area is 168 Å². The highest BCUT2D eigenvalue weighted by Gasteiger charge is 2.45. The molecule has 1 saturated heterocycles. The zero-order chi connectivity index (χ0) is 20.5. The topological polar surface area (TPSA) is 85.0 Å². The summed E-state index contributed by atoms with van der Waals surface area (Å²) in [6.07, 6.45) is 3.68. The van der Waals surface area contributed by atoms with Crippen molar-refractivity contribution in [2.24, 2.45) is 5.92 Å². The number of fused-ring (bicyclic) bond motifs is 4. The number of likely N-dealkylation sites (tertiary alicyclic amines) is 1. The van der Waals surface area contributed by atoms with Crippen molar-refractivity contribution < 1.29 is 18.7 Å². The van der Waals surface area contributed by atoms with Gasteiger partial charge < -0.3 is 19.0 Å². The molecule has 0 spiro atoms. The molecular weight excluding hydrogens is 374 g/mol. The van der Waals surface area contributed by atoms with E-state index in [4.69, 9.17) is 9.15 Å². The molecule has 0 N–H and O–H groups in total. The van der Waals surface area contributed by atoms with Gasteiger partial charge in [0, 0.05) is 57.4 Å². The number of hydrogen-bond donors (Lipinski definition) is 0. The normalized spacial score (nSPS) is 22.8. The van der Waals surface area contributed by atoms with Crippen LogP contribution in [-0.4, -0.2) is 66.6 Å². The van der Waals surface area contributed by atoms with Crippen LogP contribution in [0.25, 0.3) is 0 Å². The molecule has 2 amide bonds. The molecule has 4 rings (SSSR count). The van der Waals surface area contributed by atoms with Gasteiger partial charge in [-0.15, -0.1) is 0 Å². The van der Waals surface area contributed by atoms with Crippen molar-refractivity contribution >= 4 is 11.8 Å². The zero-order valence-corrected chi connectivity index (χ0v) is 16.6. The van der Waals surface area contributed by atoms with Crippen molar-refractivity contribution in [1.82, 2.24) is 14.4 Å². The van der Waals surface area contributed by atoms with Gasteiger partial charge in [0.2, 0.25) is 5.91 Å². The lowest BCUT2D eigenvalue weighted by Crippen LogP contribution is -2.54. The predicted octanol–water partition coefficient (Wildman–Crippen LogP) is 1.35. The molecule has 2 bridgehead atoms. The van der Waals surface area contributed by atoms with E-state index in [2.05, 4.69) is 0 Å². The molecule has 0 aromatic carbocycles. The molecule has 2 aromatic heterocycles. The van der Waals surface area contributed by atoms with Gasteiger partial charge in [0.15, 0.2) is 0 Å². The number of likely N-dealkylation sites (N-methyl/N-ethyl adjacent to an activating group) is 1. The molecule has 154 valence electrons. The van der Waals surface area contributed by atoms with Crippen molar-refractivity contribution in [3.8, 4) is 0 Å². The second-order valence-electron chi connectivity index (χ2n) is 7.77. The number of aromatic nitrogens is 1. The number of amides is 2. The summed E-state index contributed by atoms with van der Waals surface area (Å²) in [5.41, 5.74) is 1.14. The first-order chi connectivity index (χ1) is 14.0. The molecule has 2 aromatic rings. The number of nitrogens with zero attached hydrogens (tertiary/aromatic N) is 3. The van der Waals surface area contributed by atoms with Gasteiger partial charge in [0.1, 0.15) is 12.3 Å². The standard InChI is InChI=1S/C21H25N3O5/c1-22(7-9-28-2)21(27)19-16-10-15(17-4-3-5-18(25)24(17)19)11-23(12-16)20(26)14-6-8-29-13-14/h3-6,8,13,15-16,19H,7,9-12H2,1-2H3/t15-,16+,19-/m1/s1. The van der Waals surface area contributed by atoms with Crippen LogP contribution in [0.1, 0.15) is 34.4 Å². The first-order valence-corrected chi connectivity index (χ1v) is 9.78. The smallest absolute Gasteiger partial charge is 0.257 e. The minimum absolute atomic E-state index is 0.0202. The Hall–Kier alpha value is -2.87. The predicted molar refractivity (Wildman–Crippen MR) is 105 cm³/mol. The van der Waals surface area contributed by atoms with E-state index in [0.717, 1.165) is 12.1 Å². The van der Waals surface area contributed by atoms with Gasteiger partial charge in [-0.2, -0.15) is 0 Å². The molecule has 0 saturated carbocycles. The van der Waals surface area contributed by atoms with Crippen LogP contribution in [0.15, 0.2) is 46.0 Å². The lowest BCUT2D eigenvalue weighted by atomic mass is 9.77. The van der Waals surface area contributed by atoms with Gasteiger partial charge in [0.05, 0.1) is 18.4 Å². The van der Waals surface area contributed by atoms with Crippen LogP contribution < -0.4 is 5.56 Å². The molecule has 4 heterocycles. The van der Waals surface area contributed by atoms with Crippen LogP contribution in [0, 0.1) is 5.92 Å². The van der Waals surface area contributed by atoms with Crippen molar-refractivity contribution in [2.45, 2.75) is 18.4 Å². The molecule has 3 atom stereocenters. The largest absolute Gasteiger partial charge is 0.472 e. The highest BCUT2D eigenvalue weighted by molar-refractivity contribution is 5.94. The number of pyridine rings is 1. The Morgan fingerprint density at radius 2 is 2.10 bits per heavy atom. The molecule has 8 nitrogen and oxygen atoms in total. The van der Waals surface area contributed by atoms with Gasteiger partial charge >= 0.3 is 0 Å². The molecular formula is C21H25N3O5. The van der Waals surface area contributed by atoms with Crippen LogP contribution in [-0.2, 0) is 9.53 Å². The molecule has 1 fully saturated rings. The van der Waals surface area contributed by atoms with Crippen molar-refractivity contribution in [1.29, 1.82) is 0 Å². The lowest BCUT2D eigenvalue weighted by molar-refractivity contribution is -0.137. The Morgan fingerprint density at radius 3 is 2.83 bits per heavy atom. The Bertz CT molecular complexity index is 951. The summed E-state index contributed by atoms with van der Waals surface area (Å²) in [6.45, 7) is 1.81. The number of ether oxygens (including phenoxy) is 1. The summed E-state index contributed by atoms with van der Waals surface area (Å²) in [7, 11) is 3.31. The van der Waals surface area contributed by atoms with Gasteiger partial charge in [-0.25, -0.2) is 0 Å². The summed E-state index contributed by atoms with van der Waals surface area (Å²) < 4.78 is 11.8. The highest BCUT2D eigenvalue weighted by Crippen LogP contribution is 2.42. The second-order valence-corrected chi connectivity index (χ2v) is 7.77. The quantitative estimate of drug-likeness (QED) is 0.758. The molecule has 0 unspecified atom stereocenters. The van der Waals surface area contributed by atoms with E-state index < -0.39 is 6.04 Å². The van der Waals surface area contributed by atoms with Gasteiger partial charge in [-0.1, -0.05) is 6.07 Å². The number of rotatable bonds is 5. The number of methoxy groups -OCH3 is 1. The molecule has 8 heteroatoms. The summed E-state index contributed by atoms with van der Waals surface area (Å²) in [6, 6.07) is 6.13. The number of piperidine rings is 1. The van der Waals surface area contributed by atoms with Crippen LogP contribution in [0.4, 0.5) is 0 Å². The van der Waals surface area contributed by atoms with Crippen molar-refractivity contribution in [2.75, 3.05) is 40.4 Å². The van der Waals surface area contributed by atoms with Crippen molar-refractivity contribution in [3.63, 3.8) is 0 Å². The van der Waals surface area contributed by atoms with Crippen molar-refractivity contribution in [3.05, 3.63) is 58.4 Å². The van der Waals surface area contributed by atoms with Crippen LogP contribution in [0.2, 0.25) is 0 Å². The minimum atomic E-state index is -0.628. The molecule has 2 aliphatic heterocycles. The molecule has 2 aliphatic rings. The third kappa shape index (κ3) is 3.48. The van der Waals surface area contributed by atoms with E-state index in [9.17, 15) is 14.4 Å². The summed E-state index contributed by atoms with van der Waals surface area (Å²) in [5, 5.41) is 0. The molecule has 29 heavy (non-hydrogen) atoms. The SMILES string of the molecule is COCCN(C)C(=O)[C@H]1[C@H]2C[C@H](CN(C(=O)c3ccoc3)C2)c2cccc(=O)n21. The maximum absolute atomic E-state index is 13.3.